The average molecular weight is 341 g/mol. The van der Waals surface area contributed by atoms with E-state index in [2.05, 4.69) is 15.9 Å². The van der Waals surface area contributed by atoms with E-state index in [1.807, 2.05) is 31.2 Å². The van der Waals surface area contributed by atoms with Crippen LogP contribution in [0.5, 0.6) is 5.75 Å². The van der Waals surface area contributed by atoms with E-state index in [1.165, 1.54) is 11.8 Å². The molecule has 1 aliphatic rings. The predicted molar refractivity (Wildman–Crippen MR) is 79.5 cm³/mol. The Bertz CT molecular complexity index is 530. The van der Waals surface area contributed by atoms with Crippen LogP contribution in [0.4, 0.5) is 5.69 Å². The number of hydrogen-bond donors (Lipinski definition) is 0. The molecule has 1 atom stereocenters. The van der Waals surface area contributed by atoms with E-state index in [1.54, 1.807) is 4.90 Å². The van der Waals surface area contributed by atoms with Crippen LogP contribution in [-0.4, -0.2) is 30.1 Å². The molecular weight excluding hydrogens is 328 g/mol. The molecule has 0 bridgehead atoms. The highest BCUT2D eigenvalue weighted by Gasteiger charge is 2.27. The minimum absolute atomic E-state index is 0.00903. The summed E-state index contributed by atoms with van der Waals surface area (Å²) in [4.78, 5) is 14.0. The fourth-order valence-corrected chi connectivity index (χ4v) is 2.78. The molecule has 0 spiro atoms. The van der Waals surface area contributed by atoms with Crippen molar-refractivity contribution >= 4 is 39.3 Å². The van der Waals surface area contributed by atoms with Crippen molar-refractivity contribution in [3.8, 4) is 11.8 Å². The van der Waals surface area contributed by atoms with Gasteiger partial charge in [-0.2, -0.15) is 5.26 Å². The quantitative estimate of drug-likeness (QED) is 0.794. The second-order valence-corrected chi connectivity index (χ2v) is 6.10. The number of nitrogens with zero attached hydrogens (tertiary/aromatic N) is 2. The van der Waals surface area contributed by atoms with E-state index in [4.69, 9.17) is 10.00 Å². The third kappa shape index (κ3) is 3.43. The van der Waals surface area contributed by atoms with Crippen molar-refractivity contribution in [2.24, 2.45) is 0 Å². The maximum Gasteiger partial charge on any atom is 0.237 e. The van der Waals surface area contributed by atoms with E-state index in [0.717, 1.165) is 15.9 Å². The van der Waals surface area contributed by atoms with Crippen molar-refractivity contribution in [1.82, 2.24) is 0 Å². The molecule has 100 valence electrons. The molecule has 4 nitrogen and oxygen atoms in total. The van der Waals surface area contributed by atoms with Crippen LogP contribution in [0, 0.1) is 11.3 Å². The molecule has 0 aliphatic carbocycles. The van der Waals surface area contributed by atoms with Gasteiger partial charge in [0, 0.05) is 4.47 Å². The van der Waals surface area contributed by atoms with Gasteiger partial charge in [0.1, 0.15) is 11.9 Å². The molecule has 2 rings (SSSR count). The smallest absolute Gasteiger partial charge is 0.237 e. The number of anilines is 1. The van der Waals surface area contributed by atoms with Crippen molar-refractivity contribution < 1.29 is 9.53 Å². The highest BCUT2D eigenvalue weighted by Crippen LogP contribution is 2.36. The number of fused-ring (bicyclic) bond motifs is 1. The summed E-state index contributed by atoms with van der Waals surface area (Å²) in [7, 11) is 0. The SMILES string of the molecule is C[C@@H]1CN(C(=O)CSCC#N)c2cc(Br)ccc2O1. The molecule has 1 aliphatic heterocycles. The Labute approximate surface area is 124 Å². The normalized spacial score (nSPS) is 17.3. The fourth-order valence-electron chi connectivity index (χ4n) is 1.91. The number of hydrogen-bond acceptors (Lipinski definition) is 4. The summed E-state index contributed by atoms with van der Waals surface area (Å²) in [6.45, 7) is 2.48. The Kier molecular flexibility index (Phi) is 4.72. The maximum atomic E-state index is 12.2. The molecule has 0 saturated heterocycles. The lowest BCUT2D eigenvalue weighted by molar-refractivity contribution is -0.116. The van der Waals surface area contributed by atoms with E-state index < -0.39 is 0 Å². The zero-order valence-electron chi connectivity index (χ0n) is 10.4. The van der Waals surface area contributed by atoms with Crippen molar-refractivity contribution in [3.05, 3.63) is 22.7 Å². The summed E-state index contributed by atoms with van der Waals surface area (Å²) < 4.78 is 6.63. The maximum absolute atomic E-state index is 12.2. The Morgan fingerprint density at radius 3 is 3.21 bits per heavy atom. The fraction of sp³-hybridized carbons (Fsp3) is 0.385. The van der Waals surface area contributed by atoms with Gasteiger partial charge in [-0.1, -0.05) is 15.9 Å². The Hall–Kier alpha value is -1.19. The Balaban J connectivity index is 2.20. The van der Waals surface area contributed by atoms with Crippen LogP contribution in [0.3, 0.4) is 0 Å². The summed E-state index contributed by atoms with van der Waals surface area (Å²) >= 11 is 4.73. The van der Waals surface area contributed by atoms with E-state index in [0.29, 0.717) is 18.1 Å². The minimum Gasteiger partial charge on any atom is -0.487 e. The number of benzene rings is 1. The number of halogens is 1. The summed E-state index contributed by atoms with van der Waals surface area (Å²) in [5.41, 5.74) is 0.787. The Morgan fingerprint density at radius 2 is 2.47 bits per heavy atom. The molecule has 1 heterocycles. The lowest BCUT2D eigenvalue weighted by Crippen LogP contribution is -2.43. The standard InChI is InChI=1S/C13H13BrN2O2S/c1-9-7-16(13(17)8-19-5-4-15)11-6-10(14)2-3-12(11)18-9/h2-3,6,9H,5,7-8H2,1H3/t9-/m1/s1. The molecule has 1 amide bonds. The van der Waals surface area contributed by atoms with Crippen LogP contribution >= 0.6 is 27.7 Å². The summed E-state index contributed by atoms with van der Waals surface area (Å²) in [6.07, 6.45) is -0.0291. The first kappa shape index (κ1) is 14.2. The Morgan fingerprint density at radius 1 is 1.68 bits per heavy atom. The van der Waals surface area contributed by atoms with Gasteiger partial charge in [-0.15, -0.1) is 11.8 Å². The third-order valence-electron chi connectivity index (χ3n) is 2.67. The van der Waals surface area contributed by atoms with Crippen molar-refractivity contribution in [3.63, 3.8) is 0 Å². The summed E-state index contributed by atoms with van der Waals surface area (Å²) in [6, 6.07) is 7.66. The predicted octanol–water partition coefficient (Wildman–Crippen LogP) is 2.82. The molecule has 1 aromatic carbocycles. The number of carbonyl (C=O) groups is 1. The third-order valence-corrected chi connectivity index (χ3v) is 3.95. The van der Waals surface area contributed by atoms with E-state index >= 15 is 0 Å². The lowest BCUT2D eigenvalue weighted by atomic mass is 10.2. The molecule has 19 heavy (non-hydrogen) atoms. The second-order valence-electron chi connectivity index (χ2n) is 4.20. The van der Waals surface area contributed by atoms with Crippen LogP contribution in [0.1, 0.15) is 6.92 Å². The number of carbonyl (C=O) groups excluding carboxylic acids is 1. The van der Waals surface area contributed by atoms with Gasteiger partial charge >= 0.3 is 0 Å². The molecule has 6 heteroatoms. The summed E-state index contributed by atoms with van der Waals surface area (Å²) in [5, 5.41) is 8.50. The van der Waals surface area contributed by atoms with Gasteiger partial charge in [-0.3, -0.25) is 4.79 Å². The summed E-state index contributed by atoms with van der Waals surface area (Å²) in [5.74, 6) is 1.37. The molecule has 0 fully saturated rings. The second kappa shape index (κ2) is 6.31. The molecule has 0 aromatic heterocycles. The first-order valence-corrected chi connectivity index (χ1v) is 7.78. The molecule has 0 saturated carbocycles. The number of ether oxygens (including phenoxy) is 1. The zero-order valence-corrected chi connectivity index (χ0v) is 12.8. The first-order chi connectivity index (χ1) is 9.11. The number of nitriles is 1. The van der Waals surface area contributed by atoms with Gasteiger partial charge in [0.25, 0.3) is 0 Å². The van der Waals surface area contributed by atoms with Crippen LogP contribution in [-0.2, 0) is 4.79 Å². The first-order valence-electron chi connectivity index (χ1n) is 5.83. The van der Waals surface area contributed by atoms with Crippen molar-refractivity contribution in [1.29, 1.82) is 5.26 Å². The molecule has 0 unspecified atom stereocenters. The molecule has 1 aromatic rings. The van der Waals surface area contributed by atoms with Gasteiger partial charge in [0.15, 0.2) is 0 Å². The van der Waals surface area contributed by atoms with Gasteiger partial charge in [0.2, 0.25) is 5.91 Å². The van der Waals surface area contributed by atoms with Crippen LogP contribution in [0.25, 0.3) is 0 Å². The minimum atomic E-state index is -0.0291. The topological polar surface area (TPSA) is 53.3 Å². The van der Waals surface area contributed by atoms with Crippen LogP contribution in [0.15, 0.2) is 22.7 Å². The average Bonchev–Trinajstić information content (AvgIpc) is 2.38. The van der Waals surface area contributed by atoms with Crippen LogP contribution in [0.2, 0.25) is 0 Å². The highest BCUT2D eigenvalue weighted by molar-refractivity contribution is 9.10. The number of amides is 1. The van der Waals surface area contributed by atoms with Gasteiger partial charge in [-0.05, 0) is 25.1 Å². The highest BCUT2D eigenvalue weighted by atomic mass is 79.9. The van der Waals surface area contributed by atoms with Gasteiger partial charge in [0.05, 0.1) is 29.8 Å². The zero-order chi connectivity index (χ0) is 13.8. The van der Waals surface area contributed by atoms with Crippen LogP contribution < -0.4 is 9.64 Å². The van der Waals surface area contributed by atoms with Gasteiger partial charge in [-0.25, -0.2) is 0 Å². The molecule has 0 N–H and O–H groups in total. The molecular formula is C13H13BrN2O2S. The molecule has 0 radical (unpaired) electrons. The van der Waals surface area contributed by atoms with Crippen molar-refractivity contribution in [2.75, 3.05) is 23.0 Å². The largest absolute Gasteiger partial charge is 0.487 e. The van der Waals surface area contributed by atoms with Crippen molar-refractivity contribution in [2.45, 2.75) is 13.0 Å². The monoisotopic (exact) mass is 340 g/mol. The number of rotatable bonds is 3. The van der Waals surface area contributed by atoms with E-state index in [-0.39, 0.29) is 12.0 Å². The van der Waals surface area contributed by atoms with Gasteiger partial charge < -0.3 is 9.64 Å². The number of thioether (sulfide) groups is 1. The lowest BCUT2D eigenvalue weighted by Gasteiger charge is -2.33. The van der Waals surface area contributed by atoms with E-state index in [9.17, 15) is 4.79 Å².